The van der Waals surface area contributed by atoms with Gasteiger partial charge in [-0.05, 0) is 37.1 Å². The Morgan fingerprint density at radius 1 is 1.31 bits per heavy atom. The van der Waals surface area contributed by atoms with E-state index < -0.39 is 0 Å². The number of aromatic nitrogens is 1. The molecule has 4 N–H and O–H groups in total. The van der Waals surface area contributed by atoms with Crippen LogP contribution in [0, 0.1) is 13.8 Å². The van der Waals surface area contributed by atoms with E-state index in [9.17, 15) is 0 Å². The molecule has 84 valence electrons. The number of hydrogen-bond acceptors (Lipinski definition) is 4. The molecule has 0 atom stereocenters. The summed E-state index contributed by atoms with van der Waals surface area (Å²) in [4.78, 5) is 5.60. The molecule has 0 bridgehead atoms. The zero-order chi connectivity index (χ0) is 11.7. The normalized spacial score (nSPS) is 10.7. The molecular formula is C12H15N3S. The highest BCUT2D eigenvalue weighted by Gasteiger charge is 2.11. The van der Waals surface area contributed by atoms with Crippen LogP contribution in [0.1, 0.15) is 16.3 Å². The van der Waals surface area contributed by atoms with E-state index in [2.05, 4.69) is 11.9 Å². The van der Waals surface area contributed by atoms with Crippen LogP contribution in [-0.4, -0.2) is 4.98 Å². The minimum Gasteiger partial charge on any atom is -0.399 e. The molecule has 3 nitrogen and oxygen atoms in total. The van der Waals surface area contributed by atoms with Crippen LogP contribution in [0.5, 0.6) is 0 Å². The summed E-state index contributed by atoms with van der Waals surface area (Å²) in [5.74, 6) is 0. The van der Waals surface area contributed by atoms with E-state index in [1.54, 1.807) is 11.3 Å². The van der Waals surface area contributed by atoms with Crippen molar-refractivity contribution in [1.29, 1.82) is 0 Å². The SMILES string of the molecule is Cc1ccc(N)cc1-c1sc(CN)nc1C. The van der Waals surface area contributed by atoms with Crippen LogP contribution in [-0.2, 0) is 6.54 Å². The number of hydrogen-bond donors (Lipinski definition) is 2. The smallest absolute Gasteiger partial charge is 0.107 e. The quantitative estimate of drug-likeness (QED) is 0.783. The minimum absolute atomic E-state index is 0.493. The molecule has 0 saturated heterocycles. The molecule has 0 amide bonds. The highest BCUT2D eigenvalue weighted by molar-refractivity contribution is 7.15. The largest absolute Gasteiger partial charge is 0.399 e. The summed E-state index contributed by atoms with van der Waals surface area (Å²) in [6.45, 7) is 4.58. The Balaban J connectivity index is 2.57. The van der Waals surface area contributed by atoms with Crippen molar-refractivity contribution in [3.8, 4) is 10.4 Å². The molecule has 1 heterocycles. The van der Waals surface area contributed by atoms with Crippen LogP contribution in [0.25, 0.3) is 10.4 Å². The number of benzene rings is 1. The van der Waals surface area contributed by atoms with Gasteiger partial charge in [0.05, 0.1) is 10.6 Å². The average molecular weight is 233 g/mol. The van der Waals surface area contributed by atoms with Crippen LogP contribution >= 0.6 is 11.3 Å². The number of nitrogens with two attached hydrogens (primary N) is 2. The van der Waals surface area contributed by atoms with E-state index in [1.807, 2.05) is 25.1 Å². The fourth-order valence-electron chi connectivity index (χ4n) is 1.67. The van der Waals surface area contributed by atoms with Gasteiger partial charge < -0.3 is 11.5 Å². The third-order valence-corrected chi connectivity index (χ3v) is 3.73. The molecule has 0 aliphatic rings. The van der Waals surface area contributed by atoms with Crippen molar-refractivity contribution >= 4 is 17.0 Å². The number of rotatable bonds is 2. The monoisotopic (exact) mass is 233 g/mol. The molecule has 1 aromatic heterocycles. The van der Waals surface area contributed by atoms with Gasteiger partial charge in [-0.3, -0.25) is 0 Å². The molecule has 0 unspecified atom stereocenters. The summed E-state index contributed by atoms with van der Waals surface area (Å²) in [5.41, 5.74) is 15.6. The third kappa shape index (κ3) is 1.94. The Morgan fingerprint density at radius 3 is 2.69 bits per heavy atom. The van der Waals surface area contributed by atoms with Gasteiger partial charge >= 0.3 is 0 Å². The van der Waals surface area contributed by atoms with E-state index in [0.717, 1.165) is 22.0 Å². The number of anilines is 1. The number of nitrogen functional groups attached to an aromatic ring is 1. The first-order valence-corrected chi connectivity index (χ1v) is 5.96. The minimum atomic E-state index is 0.493. The maximum Gasteiger partial charge on any atom is 0.107 e. The Labute approximate surface area is 99.1 Å². The van der Waals surface area contributed by atoms with Gasteiger partial charge in [0.25, 0.3) is 0 Å². The second-order valence-corrected chi connectivity index (χ2v) is 4.88. The van der Waals surface area contributed by atoms with E-state index in [1.165, 1.54) is 10.4 Å². The number of nitrogens with zero attached hydrogens (tertiary/aromatic N) is 1. The summed E-state index contributed by atoms with van der Waals surface area (Å²) in [5, 5.41) is 0.967. The molecule has 0 fully saturated rings. The van der Waals surface area contributed by atoms with Crippen LogP contribution in [0.3, 0.4) is 0 Å². The highest BCUT2D eigenvalue weighted by atomic mass is 32.1. The zero-order valence-corrected chi connectivity index (χ0v) is 10.3. The molecular weight excluding hydrogens is 218 g/mol. The first kappa shape index (κ1) is 11.1. The summed E-state index contributed by atoms with van der Waals surface area (Å²) in [6.07, 6.45) is 0. The number of thiazole rings is 1. The molecule has 0 spiro atoms. The van der Waals surface area contributed by atoms with E-state index >= 15 is 0 Å². The van der Waals surface area contributed by atoms with Crippen molar-refractivity contribution in [3.05, 3.63) is 34.5 Å². The van der Waals surface area contributed by atoms with E-state index in [0.29, 0.717) is 6.54 Å². The van der Waals surface area contributed by atoms with Gasteiger partial charge in [-0.15, -0.1) is 11.3 Å². The molecule has 1 aromatic carbocycles. The second-order valence-electron chi connectivity index (χ2n) is 3.80. The summed E-state index contributed by atoms with van der Waals surface area (Å²) < 4.78 is 0. The van der Waals surface area contributed by atoms with Crippen LogP contribution in [0.2, 0.25) is 0 Å². The fraction of sp³-hybridized carbons (Fsp3) is 0.250. The first-order chi connectivity index (χ1) is 7.61. The summed E-state index contributed by atoms with van der Waals surface area (Å²) in [6, 6.07) is 5.95. The Morgan fingerprint density at radius 2 is 2.06 bits per heavy atom. The number of aryl methyl sites for hydroxylation is 2. The summed E-state index contributed by atoms with van der Waals surface area (Å²) in [7, 11) is 0. The lowest BCUT2D eigenvalue weighted by Gasteiger charge is -2.05. The van der Waals surface area contributed by atoms with Gasteiger partial charge in [0, 0.05) is 12.2 Å². The Hall–Kier alpha value is -1.39. The van der Waals surface area contributed by atoms with Gasteiger partial charge in [-0.2, -0.15) is 0 Å². The first-order valence-electron chi connectivity index (χ1n) is 5.14. The molecule has 0 aliphatic heterocycles. The predicted molar refractivity (Wildman–Crippen MR) is 69.3 cm³/mol. The molecule has 16 heavy (non-hydrogen) atoms. The Kier molecular flexibility index (Phi) is 2.94. The van der Waals surface area contributed by atoms with Crippen LogP contribution in [0.15, 0.2) is 18.2 Å². The predicted octanol–water partition coefficient (Wildman–Crippen LogP) is 2.47. The van der Waals surface area contributed by atoms with Crippen molar-refractivity contribution in [3.63, 3.8) is 0 Å². The lowest BCUT2D eigenvalue weighted by molar-refractivity contribution is 1.02. The van der Waals surface area contributed by atoms with Crippen LogP contribution in [0.4, 0.5) is 5.69 Å². The standard InChI is InChI=1S/C12H15N3S/c1-7-3-4-9(14)5-10(7)12-8(2)15-11(6-13)16-12/h3-5H,6,13-14H2,1-2H3. The van der Waals surface area contributed by atoms with E-state index in [-0.39, 0.29) is 0 Å². The van der Waals surface area contributed by atoms with Gasteiger partial charge in [0.15, 0.2) is 0 Å². The van der Waals surface area contributed by atoms with Gasteiger partial charge in [-0.25, -0.2) is 4.98 Å². The van der Waals surface area contributed by atoms with Gasteiger partial charge in [0.2, 0.25) is 0 Å². The topological polar surface area (TPSA) is 64.9 Å². The highest BCUT2D eigenvalue weighted by Crippen LogP contribution is 2.33. The van der Waals surface area contributed by atoms with Crippen molar-refractivity contribution in [1.82, 2.24) is 4.98 Å². The third-order valence-electron chi connectivity index (χ3n) is 2.52. The van der Waals surface area contributed by atoms with Crippen molar-refractivity contribution < 1.29 is 0 Å². The van der Waals surface area contributed by atoms with E-state index in [4.69, 9.17) is 11.5 Å². The zero-order valence-electron chi connectivity index (χ0n) is 9.45. The molecule has 2 rings (SSSR count). The van der Waals surface area contributed by atoms with Crippen LogP contribution < -0.4 is 11.5 Å². The lowest BCUT2D eigenvalue weighted by atomic mass is 10.1. The molecule has 0 aliphatic carbocycles. The molecule has 0 radical (unpaired) electrons. The van der Waals surface area contributed by atoms with Gasteiger partial charge in [0.1, 0.15) is 5.01 Å². The average Bonchev–Trinajstić information content (AvgIpc) is 2.63. The van der Waals surface area contributed by atoms with Crippen molar-refractivity contribution in [2.75, 3.05) is 5.73 Å². The lowest BCUT2D eigenvalue weighted by Crippen LogP contribution is -1.94. The molecule has 2 aromatic rings. The van der Waals surface area contributed by atoms with Crippen molar-refractivity contribution in [2.24, 2.45) is 5.73 Å². The molecule has 0 saturated carbocycles. The maximum absolute atomic E-state index is 5.81. The van der Waals surface area contributed by atoms with Crippen molar-refractivity contribution in [2.45, 2.75) is 20.4 Å². The second kappa shape index (κ2) is 4.23. The van der Waals surface area contributed by atoms with Gasteiger partial charge in [-0.1, -0.05) is 6.07 Å². The maximum atomic E-state index is 5.81. The summed E-state index contributed by atoms with van der Waals surface area (Å²) >= 11 is 1.64. The fourth-order valence-corrected chi connectivity index (χ4v) is 2.70. The molecule has 4 heteroatoms. The Bertz CT molecular complexity index is 517.